The highest BCUT2D eigenvalue weighted by atomic mass is 32.2. The van der Waals surface area contributed by atoms with E-state index in [4.69, 9.17) is 10.5 Å². The first kappa shape index (κ1) is 24.0. The van der Waals surface area contributed by atoms with E-state index in [1.807, 2.05) is 4.68 Å². The summed E-state index contributed by atoms with van der Waals surface area (Å²) in [6.45, 7) is 0.806. The number of ether oxygens (including phenoxy) is 1. The van der Waals surface area contributed by atoms with Gasteiger partial charge in [0.05, 0.1) is 23.6 Å². The maximum absolute atomic E-state index is 12.8. The van der Waals surface area contributed by atoms with Crippen LogP contribution in [0.15, 0.2) is 65.8 Å². The van der Waals surface area contributed by atoms with E-state index in [0.29, 0.717) is 35.0 Å². The van der Waals surface area contributed by atoms with Crippen molar-refractivity contribution in [1.29, 1.82) is 0 Å². The van der Waals surface area contributed by atoms with E-state index in [1.54, 1.807) is 55.9 Å². The van der Waals surface area contributed by atoms with Crippen molar-refractivity contribution in [2.45, 2.75) is 43.2 Å². The molecular formula is C25H29N7O3S. The number of nitrogens with one attached hydrogen (secondary N) is 2. The fraction of sp³-hybridized carbons (Fsp3) is 0.320. The quantitative estimate of drug-likeness (QED) is 0.327. The number of nitrogens with two attached hydrogens (primary N) is 1. The Balaban J connectivity index is 1.27. The summed E-state index contributed by atoms with van der Waals surface area (Å²) in [5.41, 5.74) is 7.93. The number of fused-ring (bicyclic) bond motifs is 1. The summed E-state index contributed by atoms with van der Waals surface area (Å²) in [6.07, 6.45) is 7.81. The van der Waals surface area contributed by atoms with E-state index >= 15 is 0 Å². The number of hydrogen-bond acceptors (Lipinski definition) is 8. The molecule has 0 atom stereocenters. The lowest BCUT2D eigenvalue weighted by Gasteiger charge is -2.25. The van der Waals surface area contributed by atoms with E-state index in [0.717, 1.165) is 43.3 Å². The SMILES string of the molecule is COc1ccc(NS(=O)(=O)c2ccc(Nc3ncc4cnn(CC5CCC(N)CC5)c4n3)cc2)cc1. The molecule has 1 aliphatic carbocycles. The van der Waals surface area contributed by atoms with Gasteiger partial charge in [-0.2, -0.15) is 10.1 Å². The zero-order chi connectivity index (χ0) is 25.1. The van der Waals surface area contributed by atoms with Gasteiger partial charge in [0.2, 0.25) is 5.95 Å². The number of rotatable bonds is 8. The monoisotopic (exact) mass is 507 g/mol. The minimum absolute atomic E-state index is 0.144. The van der Waals surface area contributed by atoms with Crippen LogP contribution in [0.25, 0.3) is 11.0 Å². The van der Waals surface area contributed by atoms with Gasteiger partial charge in [-0.25, -0.2) is 18.1 Å². The molecule has 0 saturated heterocycles. The van der Waals surface area contributed by atoms with Gasteiger partial charge in [0.25, 0.3) is 10.0 Å². The van der Waals surface area contributed by atoms with E-state index < -0.39 is 10.0 Å². The molecule has 0 aliphatic heterocycles. The summed E-state index contributed by atoms with van der Waals surface area (Å²) in [5.74, 6) is 1.61. The smallest absolute Gasteiger partial charge is 0.261 e. The molecule has 2 aromatic carbocycles. The number of sulfonamides is 1. The van der Waals surface area contributed by atoms with Gasteiger partial charge >= 0.3 is 0 Å². The topological polar surface area (TPSA) is 137 Å². The highest BCUT2D eigenvalue weighted by Crippen LogP contribution is 2.26. The molecular weight excluding hydrogens is 478 g/mol. The summed E-state index contributed by atoms with van der Waals surface area (Å²) in [6, 6.07) is 13.4. The molecule has 5 rings (SSSR count). The molecule has 0 bridgehead atoms. The van der Waals surface area contributed by atoms with Crippen molar-refractivity contribution in [2.75, 3.05) is 17.1 Å². The van der Waals surface area contributed by atoms with E-state index in [1.165, 1.54) is 12.1 Å². The second kappa shape index (κ2) is 10.1. The summed E-state index contributed by atoms with van der Waals surface area (Å²) >= 11 is 0. The van der Waals surface area contributed by atoms with Crippen LogP contribution in [0.1, 0.15) is 25.7 Å². The van der Waals surface area contributed by atoms with Crippen LogP contribution < -0.4 is 20.5 Å². The molecule has 4 aromatic rings. The standard InChI is InChI=1S/C25H29N7O3S/c1-35-22-10-6-21(7-11-22)31-36(33,34)23-12-8-20(9-13-23)29-25-27-14-18-15-28-32(24(18)30-25)16-17-2-4-19(26)5-3-17/h6-15,17,19,31H,2-5,16,26H2,1H3,(H,27,29,30). The van der Waals surface area contributed by atoms with Crippen LogP contribution in [0.5, 0.6) is 5.75 Å². The van der Waals surface area contributed by atoms with Crippen molar-refractivity contribution >= 4 is 38.4 Å². The fourth-order valence-electron chi connectivity index (χ4n) is 4.40. The second-order valence-corrected chi connectivity index (χ2v) is 10.7. The van der Waals surface area contributed by atoms with Crippen LogP contribution in [-0.2, 0) is 16.6 Å². The molecule has 2 heterocycles. The molecule has 10 nitrogen and oxygen atoms in total. The van der Waals surface area contributed by atoms with Gasteiger partial charge < -0.3 is 15.8 Å². The van der Waals surface area contributed by atoms with Crippen LogP contribution in [0.2, 0.25) is 0 Å². The second-order valence-electron chi connectivity index (χ2n) is 9.06. The lowest BCUT2D eigenvalue weighted by Crippen LogP contribution is -2.28. The molecule has 2 aromatic heterocycles. The molecule has 0 spiro atoms. The maximum Gasteiger partial charge on any atom is 0.261 e. The van der Waals surface area contributed by atoms with Crippen LogP contribution in [-0.4, -0.2) is 41.3 Å². The zero-order valence-corrected chi connectivity index (χ0v) is 20.8. The van der Waals surface area contributed by atoms with Gasteiger partial charge in [-0.05, 0) is 80.1 Å². The van der Waals surface area contributed by atoms with E-state index in [9.17, 15) is 8.42 Å². The predicted octanol–water partition coefficient (Wildman–Crippen LogP) is 3.90. The van der Waals surface area contributed by atoms with E-state index in [-0.39, 0.29) is 4.90 Å². The average Bonchev–Trinajstić information content (AvgIpc) is 3.28. The summed E-state index contributed by atoms with van der Waals surface area (Å²) in [5, 5.41) is 8.54. The summed E-state index contributed by atoms with van der Waals surface area (Å²) < 4.78 is 35.1. The number of hydrogen-bond donors (Lipinski definition) is 3. The van der Waals surface area contributed by atoms with Crippen LogP contribution in [0.3, 0.4) is 0 Å². The third kappa shape index (κ3) is 5.42. The Bertz CT molecular complexity index is 1430. The lowest BCUT2D eigenvalue weighted by atomic mass is 9.86. The molecule has 11 heteroatoms. The number of nitrogens with zero attached hydrogens (tertiary/aromatic N) is 4. The normalized spacial score (nSPS) is 18.2. The number of anilines is 3. The van der Waals surface area contributed by atoms with Crippen LogP contribution in [0, 0.1) is 5.92 Å². The molecule has 1 aliphatic rings. The Hall–Kier alpha value is -3.70. The Morgan fingerprint density at radius 3 is 2.39 bits per heavy atom. The van der Waals surface area contributed by atoms with Gasteiger partial charge in [-0.1, -0.05) is 0 Å². The van der Waals surface area contributed by atoms with Gasteiger partial charge in [-0.3, -0.25) is 4.72 Å². The molecule has 1 fully saturated rings. The molecule has 0 amide bonds. The maximum atomic E-state index is 12.8. The Labute approximate surface area is 210 Å². The minimum Gasteiger partial charge on any atom is -0.497 e. The largest absolute Gasteiger partial charge is 0.497 e. The van der Waals surface area contributed by atoms with Crippen molar-refractivity contribution in [3.05, 3.63) is 60.9 Å². The first-order valence-electron chi connectivity index (χ1n) is 11.9. The lowest BCUT2D eigenvalue weighted by molar-refractivity contribution is 0.288. The molecule has 4 N–H and O–H groups in total. The number of methoxy groups -OCH3 is 1. The molecule has 0 radical (unpaired) electrons. The average molecular weight is 508 g/mol. The van der Waals surface area contributed by atoms with Crippen molar-refractivity contribution in [3.63, 3.8) is 0 Å². The summed E-state index contributed by atoms with van der Waals surface area (Å²) in [7, 11) is -2.18. The van der Waals surface area contributed by atoms with Gasteiger partial charge in [0, 0.05) is 30.2 Å². The van der Waals surface area contributed by atoms with Crippen molar-refractivity contribution < 1.29 is 13.2 Å². The minimum atomic E-state index is -3.74. The predicted molar refractivity (Wildman–Crippen MR) is 139 cm³/mol. The Morgan fingerprint density at radius 1 is 1.00 bits per heavy atom. The third-order valence-corrected chi connectivity index (χ3v) is 7.86. The summed E-state index contributed by atoms with van der Waals surface area (Å²) in [4.78, 5) is 9.19. The molecule has 1 saturated carbocycles. The van der Waals surface area contributed by atoms with Gasteiger partial charge in [0.15, 0.2) is 5.65 Å². The van der Waals surface area contributed by atoms with Crippen LogP contribution in [0.4, 0.5) is 17.3 Å². The third-order valence-electron chi connectivity index (χ3n) is 6.46. The zero-order valence-electron chi connectivity index (χ0n) is 20.0. The Kier molecular flexibility index (Phi) is 6.75. The van der Waals surface area contributed by atoms with Crippen molar-refractivity contribution in [1.82, 2.24) is 19.7 Å². The molecule has 188 valence electrons. The molecule has 36 heavy (non-hydrogen) atoms. The Morgan fingerprint density at radius 2 is 1.69 bits per heavy atom. The molecule has 0 unspecified atom stereocenters. The fourth-order valence-corrected chi connectivity index (χ4v) is 5.45. The highest BCUT2D eigenvalue weighted by molar-refractivity contribution is 7.92. The van der Waals surface area contributed by atoms with Gasteiger partial charge in [0.1, 0.15) is 5.75 Å². The first-order valence-corrected chi connectivity index (χ1v) is 13.4. The number of aromatic nitrogens is 4. The van der Waals surface area contributed by atoms with Crippen molar-refractivity contribution in [2.24, 2.45) is 11.7 Å². The van der Waals surface area contributed by atoms with Gasteiger partial charge in [-0.15, -0.1) is 0 Å². The highest BCUT2D eigenvalue weighted by Gasteiger charge is 2.20. The first-order chi connectivity index (χ1) is 17.4. The van der Waals surface area contributed by atoms with Crippen molar-refractivity contribution in [3.8, 4) is 5.75 Å². The number of benzene rings is 2. The van der Waals surface area contributed by atoms with Crippen LogP contribution >= 0.6 is 0 Å². The van der Waals surface area contributed by atoms with E-state index in [2.05, 4.69) is 25.1 Å².